The number of carbonyl (C=O) groups is 1. The molecule has 4 fully saturated rings. The van der Waals surface area contributed by atoms with Gasteiger partial charge in [0, 0.05) is 36.0 Å². The number of hydrogen-bond donors (Lipinski definition) is 4. The molecule has 0 aromatic heterocycles. The maximum Gasteiger partial charge on any atom is 0.220 e. The molecule has 1 amide bonds. The fraction of sp³-hybridized carbons (Fsp3) is 0.962. The Bertz CT molecular complexity index is 876. The second-order valence-corrected chi connectivity index (χ2v) is 15.7. The van der Waals surface area contributed by atoms with Crippen molar-refractivity contribution in [2.45, 2.75) is 97.2 Å². The van der Waals surface area contributed by atoms with Crippen molar-refractivity contribution in [1.82, 2.24) is 5.32 Å². The van der Waals surface area contributed by atoms with E-state index in [1.807, 2.05) is 0 Å². The molecule has 4 aliphatic carbocycles. The highest BCUT2D eigenvalue weighted by Gasteiger charge is 2.65. The molecular weight excluding hydrogens is 470 g/mol. The summed E-state index contributed by atoms with van der Waals surface area (Å²) in [5.41, 5.74) is -0.131. The highest BCUT2D eigenvalue weighted by molar-refractivity contribution is 8.29. The van der Waals surface area contributed by atoms with Gasteiger partial charge in [-0.05, 0) is 98.7 Å². The minimum Gasteiger partial charge on any atom is -0.365 e. The molecule has 0 spiro atoms. The molecule has 0 radical (unpaired) electrons. The minimum absolute atomic E-state index is 0.0697. The fourth-order valence-corrected chi connectivity index (χ4v) is 9.92. The van der Waals surface area contributed by atoms with E-state index in [2.05, 4.69) is 37.3 Å². The third-order valence-electron chi connectivity index (χ3n) is 11.1. The molecule has 0 saturated heterocycles. The summed E-state index contributed by atoms with van der Waals surface area (Å²) in [6.07, 6.45) is 10.8. The molecule has 4 aliphatic rings. The molecule has 9 atom stereocenters. The highest BCUT2D eigenvalue weighted by Crippen LogP contribution is 2.69. The van der Waals surface area contributed by atoms with E-state index < -0.39 is 14.6 Å². The van der Waals surface area contributed by atoms with E-state index in [0.717, 1.165) is 38.5 Å². The van der Waals surface area contributed by atoms with Crippen LogP contribution >= 0.6 is 0 Å². The SMILES string of the molecule is C[C@H](CCC(=O)NCCS(=O)(O)=S)[C@H]1CC[C@H]2[C@@H]3CC[C@@H]4CCCC(O)(O)[C@]4(C)[C@H]3CC[C@]12C. The Morgan fingerprint density at radius 3 is 2.53 bits per heavy atom. The molecule has 0 aromatic carbocycles. The van der Waals surface area contributed by atoms with Gasteiger partial charge in [-0.15, -0.1) is 0 Å². The van der Waals surface area contributed by atoms with Crippen molar-refractivity contribution in [2.75, 3.05) is 12.3 Å². The third kappa shape index (κ3) is 4.71. The summed E-state index contributed by atoms with van der Waals surface area (Å²) in [7, 11) is -3.23. The van der Waals surface area contributed by atoms with Crippen LogP contribution in [0.5, 0.6) is 0 Å². The summed E-state index contributed by atoms with van der Waals surface area (Å²) < 4.78 is 20.4. The van der Waals surface area contributed by atoms with Crippen LogP contribution in [0.25, 0.3) is 0 Å². The van der Waals surface area contributed by atoms with Gasteiger partial charge in [-0.1, -0.05) is 20.8 Å². The zero-order valence-corrected chi connectivity index (χ0v) is 22.8. The van der Waals surface area contributed by atoms with Crippen LogP contribution in [-0.2, 0) is 24.8 Å². The van der Waals surface area contributed by atoms with E-state index in [0.29, 0.717) is 48.3 Å². The lowest BCUT2D eigenvalue weighted by Gasteiger charge is -2.63. The first-order chi connectivity index (χ1) is 15.8. The van der Waals surface area contributed by atoms with E-state index >= 15 is 0 Å². The molecule has 4 rings (SSSR count). The Morgan fingerprint density at radius 2 is 1.82 bits per heavy atom. The quantitative estimate of drug-likeness (QED) is 0.381. The van der Waals surface area contributed by atoms with Gasteiger partial charge >= 0.3 is 0 Å². The number of aliphatic hydroxyl groups is 2. The Hall–Kier alpha value is -0.280. The molecule has 4 saturated carbocycles. The van der Waals surface area contributed by atoms with Gasteiger partial charge in [0.2, 0.25) is 5.91 Å². The van der Waals surface area contributed by atoms with Crippen LogP contribution in [0.3, 0.4) is 0 Å². The van der Waals surface area contributed by atoms with Crippen molar-refractivity contribution in [3.05, 3.63) is 0 Å². The van der Waals surface area contributed by atoms with Crippen molar-refractivity contribution < 1.29 is 23.8 Å². The summed E-state index contributed by atoms with van der Waals surface area (Å²) in [6.45, 7) is 7.09. The average Bonchev–Trinajstić information content (AvgIpc) is 3.09. The minimum atomic E-state index is -3.23. The lowest BCUT2D eigenvalue weighted by atomic mass is 9.43. The number of hydrogen-bond acceptors (Lipinski definition) is 5. The zero-order valence-electron chi connectivity index (χ0n) is 21.1. The summed E-state index contributed by atoms with van der Waals surface area (Å²) in [6, 6.07) is 0. The summed E-state index contributed by atoms with van der Waals surface area (Å²) in [4.78, 5) is 12.3. The first-order valence-corrected chi connectivity index (χ1v) is 16.1. The van der Waals surface area contributed by atoms with E-state index in [1.165, 1.54) is 19.3 Å². The Kier molecular flexibility index (Phi) is 7.52. The molecule has 6 nitrogen and oxygen atoms in total. The van der Waals surface area contributed by atoms with Crippen LogP contribution in [0.1, 0.15) is 91.4 Å². The summed E-state index contributed by atoms with van der Waals surface area (Å²) in [5.74, 6) is 1.35. The Morgan fingerprint density at radius 1 is 1.09 bits per heavy atom. The number of carbonyl (C=O) groups excluding carboxylic acids is 1. The fourth-order valence-electron chi connectivity index (χ4n) is 9.31. The van der Waals surface area contributed by atoms with Gasteiger partial charge in [-0.2, -0.15) is 0 Å². The Labute approximate surface area is 210 Å². The van der Waals surface area contributed by atoms with Crippen molar-refractivity contribution in [1.29, 1.82) is 0 Å². The lowest BCUT2D eigenvalue weighted by Crippen LogP contribution is -2.63. The van der Waals surface area contributed by atoms with Crippen LogP contribution in [0, 0.1) is 46.3 Å². The van der Waals surface area contributed by atoms with Crippen molar-refractivity contribution in [2.24, 2.45) is 46.3 Å². The number of nitrogens with one attached hydrogen (secondary N) is 1. The number of fused-ring (bicyclic) bond motifs is 5. The van der Waals surface area contributed by atoms with Gasteiger partial charge in [0.15, 0.2) is 5.79 Å². The van der Waals surface area contributed by atoms with Crippen LogP contribution in [0.4, 0.5) is 0 Å². The first kappa shape index (κ1) is 26.8. The molecule has 4 N–H and O–H groups in total. The number of rotatable bonds is 7. The van der Waals surface area contributed by atoms with Gasteiger partial charge in [0.1, 0.15) is 8.77 Å². The van der Waals surface area contributed by atoms with E-state index in [9.17, 15) is 23.8 Å². The molecule has 196 valence electrons. The van der Waals surface area contributed by atoms with Crippen LogP contribution in [-0.4, -0.2) is 43.0 Å². The highest BCUT2D eigenvalue weighted by atomic mass is 32.8. The zero-order chi connectivity index (χ0) is 24.9. The van der Waals surface area contributed by atoms with Gasteiger partial charge in [0.05, 0.1) is 5.75 Å². The second kappa shape index (κ2) is 9.55. The van der Waals surface area contributed by atoms with Crippen LogP contribution in [0.15, 0.2) is 0 Å². The van der Waals surface area contributed by atoms with E-state index in [-0.39, 0.29) is 29.0 Å². The topological polar surface area (TPSA) is 107 Å². The summed E-state index contributed by atoms with van der Waals surface area (Å²) in [5, 5.41) is 25.0. The van der Waals surface area contributed by atoms with Crippen LogP contribution in [0.2, 0.25) is 0 Å². The van der Waals surface area contributed by atoms with Crippen molar-refractivity contribution in [3.63, 3.8) is 0 Å². The van der Waals surface area contributed by atoms with Gasteiger partial charge in [-0.25, -0.2) is 4.21 Å². The normalized spacial score (nSPS) is 43.6. The molecule has 1 unspecified atom stereocenters. The molecule has 0 bridgehead atoms. The molecular formula is C26H45NO5S2. The maximum atomic E-state index is 12.3. The average molecular weight is 516 g/mol. The standard InChI is InChI=1S/C26H45NO5S2/c1-17(6-11-23(28)27-15-16-34(31,32)33)20-9-10-21-19-8-7-18-5-4-13-26(29,30)25(18,3)22(19)12-14-24(20,21)2/h17-22,29-30H,4-16H2,1-3H3,(H,27,28)(H,31,32,33)/t17-,18+,19+,20-,21+,22+,24-,25+/m1/s1. The largest absolute Gasteiger partial charge is 0.365 e. The smallest absolute Gasteiger partial charge is 0.220 e. The van der Waals surface area contributed by atoms with Gasteiger partial charge in [0.25, 0.3) is 0 Å². The van der Waals surface area contributed by atoms with Crippen LogP contribution < -0.4 is 5.32 Å². The molecule has 0 aromatic rings. The van der Waals surface area contributed by atoms with Gasteiger partial charge in [-0.3, -0.25) is 4.79 Å². The second-order valence-electron chi connectivity index (χ2n) is 12.5. The van der Waals surface area contributed by atoms with Gasteiger partial charge < -0.3 is 20.1 Å². The van der Waals surface area contributed by atoms with E-state index in [1.54, 1.807) is 0 Å². The number of amides is 1. The first-order valence-electron chi connectivity index (χ1n) is 13.5. The third-order valence-corrected chi connectivity index (χ3v) is 12.3. The molecule has 0 heterocycles. The monoisotopic (exact) mass is 515 g/mol. The summed E-state index contributed by atoms with van der Waals surface area (Å²) >= 11 is 4.48. The van der Waals surface area contributed by atoms with E-state index in [4.69, 9.17) is 0 Å². The Balaban J connectivity index is 1.39. The predicted molar refractivity (Wildman–Crippen MR) is 137 cm³/mol. The molecule has 34 heavy (non-hydrogen) atoms. The lowest BCUT2D eigenvalue weighted by molar-refractivity contribution is -0.313. The maximum absolute atomic E-state index is 12.3. The molecule has 0 aliphatic heterocycles. The predicted octanol–water partition coefficient (Wildman–Crippen LogP) is 4.08. The van der Waals surface area contributed by atoms with Crippen molar-refractivity contribution in [3.8, 4) is 0 Å². The molecule has 8 heteroatoms. The van der Waals surface area contributed by atoms with Crippen molar-refractivity contribution >= 4 is 25.9 Å².